The summed E-state index contributed by atoms with van der Waals surface area (Å²) in [6.45, 7) is 1.99. The molecule has 2 aliphatic rings. The number of nitrogens with zero attached hydrogens (tertiary/aromatic N) is 3. The first-order valence-corrected chi connectivity index (χ1v) is 7.85. The summed E-state index contributed by atoms with van der Waals surface area (Å²) in [5, 5.41) is 11.8. The number of nitrogens with one attached hydrogen (secondary N) is 1. The number of thioether (sulfide) groups is 1. The number of amidine groups is 1. The topological polar surface area (TPSA) is 69.9 Å². The van der Waals surface area contributed by atoms with E-state index < -0.39 is 0 Å². The lowest BCUT2D eigenvalue weighted by molar-refractivity contribution is 0.0370. The number of aliphatic imine (C=N–C) groups is 1. The zero-order chi connectivity index (χ0) is 14.7. The van der Waals surface area contributed by atoms with Crippen LogP contribution in [-0.4, -0.2) is 42.4 Å². The maximum Gasteiger partial charge on any atom is 0.183 e. The second kappa shape index (κ2) is 6.45. The molecule has 1 aromatic rings. The average molecular weight is 304 g/mol. The van der Waals surface area contributed by atoms with E-state index in [2.05, 4.69) is 15.2 Å². The molecule has 1 N–H and O–H groups in total. The number of ether oxygens (including phenoxy) is 2. The molecule has 2 fully saturated rings. The van der Waals surface area contributed by atoms with Crippen molar-refractivity contribution in [2.75, 3.05) is 26.3 Å². The summed E-state index contributed by atoms with van der Waals surface area (Å²) < 4.78 is 11.3. The van der Waals surface area contributed by atoms with Gasteiger partial charge in [0.15, 0.2) is 11.4 Å². The zero-order valence-electron chi connectivity index (χ0n) is 11.7. The second-order valence-corrected chi connectivity index (χ2v) is 5.62. The van der Waals surface area contributed by atoms with E-state index in [0.29, 0.717) is 31.3 Å². The SMILES string of the molecule is CSC(=Nc1ccc(C2OCN3COCC23)cc1)NC#N. The van der Waals surface area contributed by atoms with E-state index in [4.69, 9.17) is 14.7 Å². The van der Waals surface area contributed by atoms with E-state index >= 15 is 0 Å². The van der Waals surface area contributed by atoms with Crippen molar-refractivity contribution >= 4 is 22.6 Å². The Bertz CT molecular complexity index is 569. The number of nitriles is 1. The highest BCUT2D eigenvalue weighted by molar-refractivity contribution is 8.13. The molecule has 1 aromatic carbocycles. The van der Waals surface area contributed by atoms with Gasteiger partial charge in [-0.05, 0) is 24.0 Å². The molecule has 0 amide bonds. The molecule has 0 radical (unpaired) electrons. The van der Waals surface area contributed by atoms with Crippen molar-refractivity contribution in [3.05, 3.63) is 29.8 Å². The molecule has 7 heteroatoms. The normalized spacial score (nSPS) is 25.6. The van der Waals surface area contributed by atoms with Gasteiger partial charge in [-0.25, -0.2) is 9.89 Å². The third-order valence-corrected chi connectivity index (χ3v) is 4.17. The van der Waals surface area contributed by atoms with E-state index in [1.807, 2.05) is 36.7 Å². The molecular weight excluding hydrogens is 288 g/mol. The van der Waals surface area contributed by atoms with Gasteiger partial charge in [0.05, 0.1) is 18.3 Å². The number of rotatable bonds is 2. The van der Waals surface area contributed by atoms with Crippen molar-refractivity contribution in [3.63, 3.8) is 0 Å². The summed E-state index contributed by atoms with van der Waals surface area (Å²) in [5.74, 6) is 0. The van der Waals surface area contributed by atoms with Crippen LogP contribution >= 0.6 is 11.8 Å². The fourth-order valence-corrected chi connectivity index (χ4v) is 2.88. The van der Waals surface area contributed by atoms with Crippen LogP contribution in [0.25, 0.3) is 0 Å². The largest absolute Gasteiger partial charge is 0.364 e. The van der Waals surface area contributed by atoms with Crippen LogP contribution in [0.1, 0.15) is 11.7 Å². The van der Waals surface area contributed by atoms with Crippen LogP contribution in [0.3, 0.4) is 0 Å². The summed E-state index contributed by atoms with van der Waals surface area (Å²) in [5.41, 5.74) is 1.94. The first-order valence-electron chi connectivity index (χ1n) is 6.63. The van der Waals surface area contributed by atoms with Crippen LogP contribution < -0.4 is 5.32 Å². The van der Waals surface area contributed by atoms with Crippen molar-refractivity contribution in [3.8, 4) is 6.19 Å². The van der Waals surface area contributed by atoms with Crippen LogP contribution in [0.15, 0.2) is 29.3 Å². The average Bonchev–Trinajstić information content (AvgIpc) is 3.10. The molecule has 2 unspecified atom stereocenters. The highest BCUT2D eigenvalue weighted by Crippen LogP contribution is 2.34. The maximum atomic E-state index is 8.63. The Morgan fingerprint density at radius 3 is 2.95 bits per heavy atom. The van der Waals surface area contributed by atoms with Gasteiger partial charge in [0.1, 0.15) is 19.6 Å². The lowest BCUT2D eigenvalue weighted by Gasteiger charge is -2.16. The third-order valence-electron chi connectivity index (χ3n) is 3.59. The summed E-state index contributed by atoms with van der Waals surface area (Å²) in [4.78, 5) is 6.56. The Hall–Kier alpha value is -1.59. The van der Waals surface area contributed by atoms with Gasteiger partial charge >= 0.3 is 0 Å². The minimum absolute atomic E-state index is 0.0581. The van der Waals surface area contributed by atoms with Gasteiger partial charge in [-0.3, -0.25) is 5.32 Å². The van der Waals surface area contributed by atoms with Gasteiger partial charge in [-0.2, -0.15) is 5.26 Å². The molecule has 0 spiro atoms. The minimum Gasteiger partial charge on any atom is -0.364 e. The summed E-state index contributed by atoms with van der Waals surface area (Å²) in [7, 11) is 0. The Balaban J connectivity index is 1.74. The molecular formula is C14H16N4O2S. The molecule has 2 saturated heterocycles. The molecule has 2 heterocycles. The van der Waals surface area contributed by atoms with Crippen molar-refractivity contribution in [1.82, 2.24) is 10.2 Å². The summed E-state index contributed by atoms with van der Waals surface area (Å²) in [6, 6.07) is 8.23. The smallest absolute Gasteiger partial charge is 0.183 e. The van der Waals surface area contributed by atoms with Crippen molar-refractivity contribution in [1.29, 1.82) is 5.26 Å². The third kappa shape index (κ3) is 3.04. The van der Waals surface area contributed by atoms with Gasteiger partial charge < -0.3 is 9.47 Å². The van der Waals surface area contributed by atoms with Gasteiger partial charge in [0.25, 0.3) is 0 Å². The van der Waals surface area contributed by atoms with Crippen LogP contribution in [0.2, 0.25) is 0 Å². The van der Waals surface area contributed by atoms with Crippen molar-refractivity contribution in [2.24, 2.45) is 4.99 Å². The second-order valence-electron chi connectivity index (χ2n) is 4.82. The summed E-state index contributed by atoms with van der Waals surface area (Å²) in [6.07, 6.45) is 3.81. The van der Waals surface area contributed by atoms with E-state index in [-0.39, 0.29) is 6.10 Å². The van der Waals surface area contributed by atoms with Crippen molar-refractivity contribution < 1.29 is 9.47 Å². The standard InChI is InChI=1S/C14H16N4O2S/c1-21-14(16-7-15)17-11-4-2-10(3-5-11)13-12-6-19-8-18(12)9-20-13/h2-5,12-13H,6,8-9H2,1H3,(H,16,17). The minimum atomic E-state index is 0.0581. The monoisotopic (exact) mass is 304 g/mol. The predicted molar refractivity (Wildman–Crippen MR) is 80.9 cm³/mol. The Labute approximate surface area is 127 Å². The molecule has 21 heavy (non-hydrogen) atoms. The molecule has 0 aromatic heterocycles. The molecule has 2 aliphatic heterocycles. The van der Waals surface area contributed by atoms with Gasteiger partial charge in [0.2, 0.25) is 0 Å². The number of hydrogen-bond donors (Lipinski definition) is 1. The maximum absolute atomic E-state index is 8.63. The zero-order valence-corrected chi connectivity index (χ0v) is 12.5. The first-order chi connectivity index (χ1) is 10.3. The fraction of sp³-hybridized carbons (Fsp3) is 0.429. The lowest BCUT2D eigenvalue weighted by Crippen LogP contribution is -2.27. The molecule has 0 saturated carbocycles. The van der Waals surface area contributed by atoms with E-state index in [0.717, 1.165) is 11.3 Å². The van der Waals surface area contributed by atoms with Crippen LogP contribution in [-0.2, 0) is 9.47 Å². The van der Waals surface area contributed by atoms with E-state index in [9.17, 15) is 0 Å². The molecule has 0 bridgehead atoms. The molecule has 6 nitrogen and oxygen atoms in total. The quantitative estimate of drug-likeness (QED) is 0.389. The Morgan fingerprint density at radius 1 is 1.43 bits per heavy atom. The Kier molecular flexibility index (Phi) is 4.41. The van der Waals surface area contributed by atoms with Gasteiger partial charge in [-0.15, -0.1) is 0 Å². The Morgan fingerprint density at radius 2 is 2.24 bits per heavy atom. The lowest BCUT2D eigenvalue weighted by atomic mass is 10.0. The number of hydrogen-bond acceptors (Lipinski definition) is 6. The first kappa shape index (κ1) is 14.4. The van der Waals surface area contributed by atoms with Gasteiger partial charge in [0, 0.05) is 0 Å². The van der Waals surface area contributed by atoms with Crippen LogP contribution in [0, 0.1) is 11.5 Å². The van der Waals surface area contributed by atoms with E-state index in [1.165, 1.54) is 11.8 Å². The molecule has 0 aliphatic carbocycles. The predicted octanol–water partition coefficient (Wildman–Crippen LogP) is 1.79. The highest BCUT2D eigenvalue weighted by Gasteiger charge is 2.39. The molecule has 3 rings (SSSR count). The van der Waals surface area contributed by atoms with Crippen molar-refractivity contribution in [2.45, 2.75) is 12.1 Å². The highest BCUT2D eigenvalue weighted by atomic mass is 32.2. The van der Waals surface area contributed by atoms with Crippen LogP contribution in [0.4, 0.5) is 5.69 Å². The molecule has 110 valence electrons. The summed E-state index contributed by atoms with van der Waals surface area (Å²) >= 11 is 1.40. The van der Waals surface area contributed by atoms with E-state index in [1.54, 1.807) is 0 Å². The molecule has 2 atom stereocenters. The fourth-order valence-electron chi connectivity index (χ4n) is 2.54. The number of benzene rings is 1. The van der Waals surface area contributed by atoms with Crippen LogP contribution in [0.5, 0.6) is 0 Å². The number of fused-ring (bicyclic) bond motifs is 1. The van der Waals surface area contributed by atoms with Gasteiger partial charge in [-0.1, -0.05) is 23.9 Å².